The van der Waals surface area contributed by atoms with Crippen LogP contribution in [0, 0.1) is 0 Å². The number of aryl methyl sites for hydroxylation is 1. The molecule has 0 bridgehead atoms. The standard InChI is InChI=1S/C20H24N6O3/c1-24-8-15(7-23-24)17-10-26(11-18-19(17)22-13-21-18)20(27)14-6-16(29-12-14)9-25-2-4-28-5-3-25/h6-8,12-13,17H,2-5,9-11H2,1H3,(H,21,22). The molecule has 1 atom stereocenters. The van der Waals surface area contributed by atoms with Crippen molar-refractivity contribution in [1.82, 2.24) is 29.5 Å². The number of morpholine rings is 1. The lowest BCUT2D eigenvalue weighted by Gasteiger charge is -2.31. The summed E-state index contributed by atoms with van der Waals surface area (Å²) in [6, 6.07) is 1.86. The molecule has 0 saturated carbocycles. The minimum absolute atomic E-state index is 0.00220. The lowest BCUT2D eigenvalue weighted by atomic mass is 9.93. The number of aromatic nitrogens is 4. The average molecular weight is 396 g/mol. The van der Waals surface area contributed by atoms with Gasteiger partial charge in [-0.25, -0.2) is 4.98 Å². The number of carbonyl (C=O) groups excluding carboxylic acids is 1. The normalized spacial score (nSPS) is 20.0. The molecule has 0 aromatic carbocycles. The Morgan fingerprint density at radius 2 is 2.21 bits per heavy atom. The van der Waals surface area contributed by atoms with E-state index in [0.29, 0.717) is 25.2 Å². The molecular formula is C20H24N6O3. The molecule has 1 fully saturated rings. The first-order chi connectivity index (χ1) is 14.2. The fourth-order valence-electron chi connectivity index (χ4n) is 4.10. The third kappa shape index (κ3) is 3.58. The van der Waals surface area contributed by atoms with E-state index in [-0.39, 0.29) is 11.8 Å². The number of nitrogens with zero attached hydrogens (tertiary/aromatic N) is 5. The summed E-state index contributed by atoms with van der Waals surface area (Å²) in [6.45, 7) is 5.00. The first-order valence-electron chi connectivity index (χ1n) is 9.85. The summed E-state index contributed by atoms with van der Waals surface area (Å²) >= 11 is 0. The summed E-state index contributed by atoms with van der Waals surface area (Å²) in [6.07, 6.45) is 7.09. The van der Waals surface area contributed by atoms with Crippen molar-refractivity contribution < 1.29 is 13.9 Å². The predicted molar refractivity (Wildman–Crippen MR) is 103 cm³/mol. The topological polar surface area (TPSA) is 92.4 Å². The summed E-state index contributed by atoms with van der Waals surface area (Å²) in [7, 11) is 1.89. The quantitative estimate of drug-likeness (QED) is 0.716. The summed E-state index contributed by atoms with van der Waals surface area (Å²) in [4.78, 5) is 25.0. The molecule has 9 heteroatoms. The number of nitrogens with one attached hydrogen (secondary N) is 1. The highest BCUT2D eigenvalue weighted by Crippen LogP contribution is 2.32. The minimum atomic E-state index is -0.0314. The van der Waals surface area contributed by atoms with Crippen molar-refractivity contribution in [2.75, 3.05) is 32.8 Å². The first-order valence-corrected chi connectivity index (χ1v) is 9.85. The van der Waals surface area contributed by atoms with Crippen molar-refractivity contribution in [3.8, 4) is 0 Å². The van der Waals surface area contributed by atoms with Crippen LogP contribution < -0.4 is 0 Å². The predicted octanol–water partition coefficient (Wildman–Crippen LogP) is 1.36. The Kier molecular flexibility index (Phi) is 4.69. The molecule has 0 aliphatic carbocycles. The van der Waals surface area contributed by atoms with Crippen molar-refractivity contribution in [2.24, 2.45) is 7.05 Å². The van der Waals surface area contributed by atoms with Crippen LogP contribution in [0.1, 0.15) is 39.0 Å². The van der Waals surface area contributed by atoms with Crippen molar-refractivity contribution in [2.45, 2.75) is 19.0 Å². The molecule has 0 radical (unpaired) electrons. The highest BCUT2D eigenvalue weighted by Gasteiger charge is 2.33. The van der Waals surface area contributed by atoms with Crippen LogP contribution in [0.3, 0.4) is 0 Å². The fourth-order valence-corrected chi connectivity index (χ4v) is 4.10. The van der Waals surface area contributed by atoms with Gasteiger partial charge in [-0.1, -0.05) is 0 Å². The van der Waals surface area contributed by atoms with Crippen LogP contribution in [-0.4, -0.2) is 68.3 Å². The smallest absolute Gasteiger partial charge is 0.257 e. The molecular weight excluding hydrogens is 372 g/mol. The largest absolute Gasteiger partial charge is 0.467 e. The molecule has 1 saturated heterocycles. The van der Waals surface area contributed by atoms with Crippen LogP contribution in [0.4, 0.5) is 0 Å². The SMILES string of the molecule is Cn1cc(C2CN(C(=O)c3coc(CN4CCOCC4)c3)Cc3[nH]cnc32)cn1. The van der Waals surface area contributed by atoms with E-state index in [9.17, 15) is 4.79 Å². The van der Waals surface area contributed by atoms with Crippen LogP contribution in [0.2, 0.25) is 0 Å². The fraction of sp³-hybridized carbons (Fsp3) is 0.450. The average Bonchev–Trinajstić information content (AvgIpc) is 3.48. The number of aromatic amines is 1. The van der Waals surface area contributed by atoms with Gasteiger partial charge in [0.25, 0.3) is 5.91 Å². The van der Waals surface area contributed by atoms with E-state index in [4.69, 9.17) is 9.15 Å². The molecule has 3 aromatic rings. The van der Waals surface area contributed by atoms with Gasteiger partial charge in [-0.05, 0) is 6.07 Å². The van der Waals surface area contributed by atoms with E-state index in [0.717, 1.165) is 49.0 Å². The van der Waals surface area contributed by atoms with Gasteiger partial charge in [0, 0.05) is 44.4 Å². The van der Waals surface area contributed by atoms with Gasteiger partial charge in [-0.3, -0.25) is 14.4 Å². The molecule has 1 N–H and O–H groups in total. The summed E-state index contributed by atoms with van der Waals surface area (Å²) < 4.78 is 12.8. The van der Waals surface area contributed by atoms with Gasteiger partial charge < -0.3 is 19.0 Å². The van der Waals surface area contributed by atoms with Crippen molar-refractivity contribution in [1.29, 1.82) is 0 Å². The molecule has 3 aromatic heterocycles. The van der Waals surface area contributed by atoms with Gasteiger partial charge in [-0.15, -0.1) is 0 Å². The molecule has 5 heterocycles. The number of ether oxygens (including phenoxy) is 1. The number of carbonyl (C=O) groups is 1. The number of rotatable bonds is 4. The van der Waals surface area contributed by atoms with Crippen molar-refractivity contribution in [3.05, 3.63) is 59.3 Å². The van der Waals surface area contributed by atoms with Gasteiger partial charge in [0.2, 0.25) is 0 Å². The Morgan fingerprint density at radius 3 is 3.00 bits per heavy atom. The Balaban J connectivity index is 1.33. The number of hydrogen-bond acceptors (Lipinski definition) is 6. The molecule has 1 amide bonds. The van der Waals surface area contributed by atoms with Crippen LogP contribution >= 0.6 is 0 Å². The number of furan rings is 1. The van der Waals surface area contributed by atoms with E-state index in [2.05, 4.69) is 20.0 Å². The molecule has 5 rings (SSSR count). The van der Waals surface area contributed by atoms with Crippen molar-refractivity contribution in [3.63, 3.8) is 0 Å². The van der Waals surface area contributed by atoms with Gasteiger partial charge in [0.15, 0.2) is 0 Å². The first kappa shape index (κ1) is 18.1. The molecule has 9 nitrogen and oxygen atoms in total. The highest BCUT2D eigenvalue weighted by molar-refractivity contribution is 5.94. The Bertz CT molecular complexity index is 999. The maximum atomic E-state index is 13.2. The van der Waals surface area contributed by atoms with Gasteiger partial charge in [0.05, 0.1) is 55.8 Å². The lowest BCUT2D eigenvalue weighted by molar-refractivity contribution is 0.0313. The van der Waals surface area contributed by atoms with Crippen LogP contribution in [0.25, 0.3) is 0 Å². The third-order valence-corrected chi connectivity index (χ3v) is 5.63. The van der Waals surface area contributed by atoms with Gasteiger partial charge in [-0.2, -0.15) is 5.10 Å². The van der Waals surface area contributed by atoms with E-state index < -0.39 is 0 Å². The van der Waals surface area contributed by atoms with Gasteiger partial charge >= 0.3 is 0 Å². The molecule has 1 unspecified atom stereocenters. The lowest BCUT2D eigenvalue weighted by Crippen LogP contribution is -2.38. The summed E-state index contributed by atoms with van der Waals surface area (Å²) in [5.74, 6) is 0.775. The summed E-state index contributed by atoms with van der Waals surface area (Å²) in [5, 5.41) is 4.28. The van der Waals surface area contributed by atoms with E-state index in [1.54, 1.807) is 17.3 Å². The Labute approximate surface area is 168 Å². The zero-order chi connectivity index (χ0) is 19.8. The van der Waals surface area contributed by atoms with E-state index in [1.807, 2.05) is 30.4 Å². The second-order valence-corrected chi connectivity index (χ2v) is 7.64. The van der Waals surface area contributed by atoms with Crippen LogP contribution in [-0.2, 0) is 24.9 Å². The van der Waals surface area contributed by atoms with Crippen molar-refractivity contribution >= 4 is 5.91 Å². The van der Waals surface area contributed by atoms with E-state index in [1.165, 1.54) is 0 Å². The monoisotopic (exact) mass is 396 g/mol. The number of amides is 1. The molecule has 29 heavy (non-hydrogen) atoms. The number of fused-ring (bicyclic) bond motifs is 1. The summed E-state index contributed by atoms with van der Waals surface area (Å²) in [5.41, 5.74) is 3.59. The maximum absolute atomic E-state index is 13.2. The second kappa shape index (κ2) is 7.49. The van der Waals surface area contributed by atoms with Gasteiger partial charge in [0.1, 0.15) is 12.0 Å². The third-order valence-electron chi connectivity index (χ3n) is 5.63. The number of imidazole rings is 1. The minimum Gasteiger partial charge on any atom is -0.467 e. The zero-order valence-electron chi connectivity index (χ0n) is 16.4. The Hall–Kier alpha value is -2.91. The number of H-pyrrole nitrogens is 1. The van der Waals surface area contributed by atoms with E-state index >= 15 is 0 Å². The molecule has 0 spiro atoms. The van der Waals surface area contributed by atoms with Crippen LogP contribution in [0.5, 0.6) is 0 Å². The maximum Gasteiger partial charge on any atom is 0.257 e. The molecule has 152 valence electrons. The molecule has 2 aliphatic heterocycles. The molecule has 2 aliphatic rings. The van der Waals surface area contributed by atoms with Crippen LogP contribution in [0.15, 0.2) is 35.5 Å². The Morgan fingerprint density at radius 1 is 1.34 bits per heavy atom. The number of hydrogen-bond donors (Lipinski definition) is 1. The second-order valence-electron chi connectivity index (χ2n) is 7.64. The zero-order valence-corrected chi connectivity index (χ0v) is 16.4. The highest BCUT2D eigenvalue weighted by atomic mass is 16.5.